The third kappa shape index (κ3) is 2.13. The zero-order valence-corrected chi connectivity index (χ0v) is 8.42. The van der Waals surface area contributed by atoms with Crippen LogP contribution >= 0.6 is 0 Å². The van der Waals surface area contributed by atoms with E-state index in [0.29, 0.717) is 6.42 Å². The van der Waals surface area contributed by atoms with E-state index < -0.39 is 5.60 Å². The molecular weight excluding hydrogens is 180 g/mol. The van der Waals surface area contributed by atoms with E-state index in [1.807, 2.05) is 13.0 Å². The predicted molar refractivity (Wildman–Crippen MR) is 52.0 cm³/mol. The number of nitrogens with one attached hydrogen (secondary N) is 1. The molecule has 4 nitrogen and oxygen atoms in total. The van der Waals surface area contributed by atoms with E-state index in [9.17, 15) is 5.11 Å². The Morgan fingerprint density at radius 2 is 2.29 bits per heavy atom. The summed E-state index contributed by atoms with van der Waals surface area (Å²) in [6.45, 7) is 3.65. The molecule has 14 heavy (non-hydrogen) atoms. The molecule has 0 radical (unpaired) electrons. The molecule has 1 aliphatic rings. The highest BCUT2D eigenvalue weighted by molar-refractivity contribution is 5.07. The molecule has 1 fully saturated rings. The van der Waals surface area contributed by atoms with Crippen LogP contribution in [0.3, 0.4) is 0 Å². The van der Waals surface area contributed by atoms with Crippen LogP contribution in [-0.4, -0.2) is 29.0 Å². The summed E-state index contributed by atoms with van der Waals surface area (Å²) in [4.78, 5) is 0. The first-order chi connectivity index (χ1) is 6.68. The number of hydrogen-bond donors (Lipinski definition) is 2. The van der Waals surface area contributed by atoms with Crippen molar-refractivity contribution >= 4 is 0 Å². The Kier molecular flexibility index (Phi) is 2.56. The Morgan fingerprint density at radius 3 is 2.86 bits per heavy atom. The molecule has 0 aromatic carbocycles. The van der Waals surface area contributed by atoms with Gasteiger partial charge in [0.25, 0.3) is 0 Å². The van der Waals surface area contributed by atoms with Crippen LogP contribution in [0.4, 0.5) is 0 Å². The lowest BCUT2D eigenvalue weighted by Crippen LogP contribution is -2.43. The monoisotopic (exact) mass is 196 g/mol. The molecule has 1 aromatic rings. The second-order valence-electron chi connectivity index (χ2n) is 4.09. The number of nitrogens with zero attached hydrogens (tertiary/aromatic N) is 1. The highest BCUT2D eigenvalue weighted by Crippen LogP contribution is 2.23. The van der Waals surface area contributed by atoms with Gasteiger partial charge in [-0.1, -0.05) is 5.16 Å². The van der Waals surface area contributed by atoms with Gasteiger partial charge >= 0.3 is 0 Å². The van der Waals surface area contributed by atoms with Gasteiger partial charge in [-0.2, -0.15) is 0 Å². The highest BCUT2D eigenvalue weighted by Gasteiger charge is 2.30. The van der Waals surface area contributed by atoms with Gasteiger partial charge in [-0.3, -0.25) is 0 Å². The van der Waals surface area contributed by atoms with Crippen LogP contribution in [0.1, 0.15) is 24.3 Å². The molecule has 4 heteroatoms. The summed E-state index contributed by atoms with van der Waals surface area (Å²) >= 11 is 0. The van der Waals surface area contributed by atoms with Crippen LogP contribution in [0, 0.1) is 6.92 Å². The van der Waals surface area contributed by atoms with E-state index in [0.717, 1.165) is 37.4 Å². The van der Waals surface area contributed by atoms with Crippen molar-refractivity contribution in [3.8, 4) is 0 Å². The van der Waals surface area contributed by atoms with Gasteiger partial charge in [-0.05, 0) is 32.9 Å². The molecule has 2 rings (SSSR count). The summed E-state index contributed by atoms with van der Waals surface area (Å²) in [7, 11) is 0. The molecule has 2 N–H and O–H groups in total. The summed E-state index contributed by atoms with van der Waals surface area (Å²) in [5.41, 5.74) is 0.273. The van der Waals surface area contributed by atoms with Crippen LogP contribution < -0.4 is 5.32 Å². The first kappa shape index (κ1) is 9.68. The van der Waals surface area contributed by atoms with Gasteiger partial charge in [0, 0.05) is 12.5 Å². The summed E-state index contributed by atoms with van der Waals surface area (Å²) in [5, 5.41) is 17.2. The van der Waals surface area contributed by atoms with Crippen LogP contribution in [0.5, 0.6) is 0 Å². The van der Waals surface area contributed by atoms with Crippen molar-refractivity contribution in [3.05, 3.63) is 17.5 Å². The van der Waals surface area contributed by atoms with Gasteiger partial charge in [0.15, 0.2) is 0 Å². The van der Waals surface area contributed by atoms with Gasteiger partial charge in [0.05, 0.1) is 11.3 Å². The van der Waals surface area contributed by atoms with Crippen LogP contribution in [-0.2, 0) is 6.42 Å². The molecule has 2 heterocycles. The summed E-state index contributed by atoms with van der Waals surface area (Å²) in [5.74, 6) is 0.784. The molecule has 1 aliphatic heterocycles. The van der Waals surface area contributed by atoms with E-state index in [1.165, 1.54) is 0 Å². The topological polar surface area (TPSA) is 58.3 Å². The summed E-state index contributed by atoms with van der Waals surface area (Å²) in [6.07, 6.45) is 2.15. The SMILES string of the molecule is Cc1cc(CC2(O)CCNCC2)on1. The Balaban J connectivity index is 2.01. The Bertz CT molecular complexity index is 303. The van der Waals surface area contributed by atoms with E-state index >= 15 is 0 Å². The maximum Gasteiger partial charge on any atom is 0.139 e. The lowest BCUT2D eigenvalue weighted by atomic mass is 9.88. The minimum atomic E-state index is -0.600. The van der Waals surface area contributed by atoms with Crippen molar-refractivity contribution in [2.45, 2.75) is 31.8 Å². The maximum absolute atomic E-state index is 10.2. The van der Waals surface area contributed by atoms with Crippen molar-refractivity contribution in [1.82, 2.24) is 10.5 Å². The molecule has 0 aliphatic carbocycles. The first-order valence-electron chi connectivity index (χ1n) is 5.03. The van der Waals surface area contributed by atoms with Crippen molar-refractivity contribution in [1.29, 1.82) is 0 Å². The standard InChI is InChI=1S/C10H16N2O2/c1-8-6-9(14-12-8)7-10(13)2-4-11-5-3-10/h6,11,13H,2-5,7H2,1H3. The largest absolute Gasteiger partial charge is 0.389 e. The van der Waals surface area contributed by atoms with E-state index in [-0.39, 0.29) is 0 Å². The lowest BCUT2D eigenvalue weighted by molar-refractivity contribution is 0.00547. The molecule has 0 spiro atoms. The normalized spacial score (nSPS) is 21.0. The molecular formula is C10H16N2O2. The highest BCUT2D eigenvalue weighted by atomic mass is 16.5. The molecule has 1 saturated heterocycles. The van der Waals surface area contributed by atoms with Crippen LogP contribution in [0.15, 0.2) is 10.6 Å². The maximum atomic E-state index is 10.2. The zero-order chi connectivity index (χ0) is 10.0. The van der Waals surface area contributed by atoms with Crippen LogP contribution in [0.2, 0.25) is 0 Å². The van der Waals surface area contributed by atoms with Gasteiger partial charge in [-0.15, -0.1) is 0 Å². The first-order valence-corrected chi connectivity index (χ1v) is 5.03. The summed E-state index contributed by atoms with van der Waals surface area (Å²) < 4.78 is 5.10. The smallest absolute Gasteiger partial charge is 0.139 e. The number of aromatic nitrogens is 1. The van der Waals surface area contributed by atoms with Crippen molar-refractivity contribution < 1.29 is 9.63 Å². The fraction of sp³-hybridized carbons (Fsp3) is 0.700. The fourth-order valence-corrected chi connectivity index (χ4v) is 1.89. The number of hydrogen-bond acceptors (Lipinski definition) is 4. The molecule has 0 atom stereocenters. The lowest BCUT2D eigenvalue weighted by Gasteiger charge is -2.31. The quantitative estimate of drug-likeness (QED) is 0.728. The van der Waals surface area contributed by atoms with Crippen molar-refractivity contribution in [3.63, 3.8) is 0 Å². The average molecular weight is 196 g/mol. The van der Waals surface area contributed by atoms with E-state index in [2.05, 4.69) is 10.5 Å². The number of piperidine rings is 1. The Hall–Kier alpha value is -0.870. The molecule has 0 saturated carbocycles. The molecule has 78 valence electrons. The van der Waals surface area contributed by atoms with Gasteiger partial charge in [-0.25, -0.2) is 0 Å². The van der Waals surface area contributed by atoms with Crippen LogP contribution in [0.25, 0.3) is 0 Å². The third-order valence-electron chi connectivity index (χ3n) is 2.71. The summed E-state index contributed by atoms with van der Waals surface area (Å²) in [6, 6.07) is 1.89. The average Bonchev–Trinajstić information content (AvgIpc) is 2.51. The van der Waals surface area contributed by atoms with Crippen molar-refractivity contribution in [2.24, 2.45) is 0 Å². The third-order valence-corrected chi connectivity index (χ3v) is 2.71. The second kappa shape index (κ2) is 3.71. The number of aliphatic hydroxyl groups is 1. The zero-order valence-electron chi connectivity index (χ0n) is 8.42. The van der Waals surface area contributed by atoms with Crippen molar-refractivity contribution in [2.75, 3.05) is 13.1 Å². The minimum absolute atomic E-state index is 0.579. The van der Waals surface area contributed by atoms with Gasteiger partial charge < -0.3 is 14.9 Å². The molecule has 0 bridgehead atoms. The minimum Gasteiger partial charge on any atom is -0.389 e. The van der Waals surface area contributed by atoms with E-state index in [1.54, 1.807) is 0 Å². The number of aryl methyl sites for hydroxylation is 1. The molecule has 0 amide bonds. The number of rotatable bonds is 2. The molecule has 1 aromatic heterocycles. The Morgan fingerprint density at radius 1 is 1.57 bits per heavy atom. The van der Waals surface area contributed by atoms with E-state index in [4.69, 9.17) is 4.52 Å². The molecule has 0 unspecified atom stereocenters. The fourth-order valence-electron chi connectivity index (χ4n) is 1.89. The van der Waals surface area contributed by atoms with Gasteiger partial charge in [0.1, 0.15) is 5.76 Å². The second-order valence-corrected chi connectivity index (χ2v) is 4.09. The Labute approximate surface area is 83.3 Å². The van der Waals surface area contributed by atoms with Gasteiger partial charge in [0.2, 0.25) is 0 Å². The predicted octanol–water partition coefficient (Wildman–Crippen LogP) is 0.640.